The average Bonchev–Trinajstić information content (AvgIpc) is 2.18. The molecule has 0 heterocycles. The lowest BCUT2D eigenvalue weighted by molar-refractivity contribution is 0.475. The maximum Gasteiger partial charge on any atom is 0.134 e. The summed E-state index contributed by atoms with van der Waals surface area (Å²) in [5.74, 6) is 0.0565. The largest absolute Gasteiger partial charge is 0.506 e. The highest BCUT2D eigenvalue weighted by Gasteiger charge is 1.95. The fourth-order valence-corrected chi connectivity index (χ4v) is 0.890. The molecular weight excluding hydrogens is 207 g/mol. The first-order valence-electron chi connectivity index (χ1n) is 3.34. The number of hydrogen-bond acceptors (Lipinski definition) is 1. The molecular formula is C10H12Cl2O. The second-order valence-electron chi connectivity index (χ2n) is 1.60. The van der Waals surface area contributed by atoms with Crippen molar-refractivity contribution < 1.29 is 5.11 Å². The summed E-state index contributed by atoms with van der Waals surface area (Å²) in [4.78, 5) is 0. The van der Waals surface area contributed by atoms with Gasteiger partial charge in [0.2, 0.25) is 0 Å². The van der Waals surface area contributed by atoms with Crippen molar-refractivity contribution in [2.45, 2.75) is 0 Å². The molecule has 0 bridgehead atoms. The summed E-state index contributed by atoms with van der Waals surface area (Å²) in [6, 6.07) is 4.51. The zero-order valence-electron chi connectivity index (χ0n) is 7.26. The van der Waals surface area contributed by atoms with E-state index in [0.29, 0.717) is 5.02 Å². The normalized spacial score (nSPS) is 7.23. The van der Waals surface area contributed by atoms with Gasteiger partial charge in [-0.3, -0.25) is 0 Å². The first-order valence-corrected chi connectivity index (χ1v) is 4.10. The lowest BCUT2D eigenvalue weighted by Gasteiger charge is -1.93. The van der Waals surface area contributed by atoms with Gasteiger partial charge in [0.25, 0.3) is 0 Å². The van der Waals surface area contributed by atoms with Gasteiger partial charge in [-0.25, -0.2) is 0 Å². The molecule has 1 N–H and O–H groups in total. The van der Waals surface area contributed by atoms with Crippen LogP contribution in [0.3, 0.4) is 0 Å². The highest BCUT2D eigenvalue weighted by atomic mass is 35.5. The van der Waals surface area contributed by atoms with Crippen molar-refractivity contribution in [3.8, 4) is 5.75 Å². The Morgan fingerprint density at radius 3 is 1.77 bits per heavy atom. The molecule has 0 aromatic heterocycles. The predicted octanol–water partition coefficient (Wildman–Crippen LogP) is 4.30. The SMILES string of the molecule is C=C.C=C.Oc1ccc(Cl)cc1Cl. The van der Waals surface area contributed by atoms with E-state index in [2.05, 4.69) is 26.3 Å². The molecule has 3 heteroatoms. The van der Waals surface area contributed by atoms with Crippen LogP contribution in [-0.4, -0.2) is 5.11 Å². The summed E-state index contributed by atoms with van der Waals surface area (Å²) in [6.07, 6.45) is 0. The summed E-state index contributed by atoms with van der Waals surface area (Å²) in [6.45, 7) is 12.0. The van der Waals surface area contributed by atoms with Gasteiger partial charge >= 0.3 is 0 Å². The van der Waals surface area contributed by atoms with E-state index < -0.39 is 0 Å². The van der Waals surface area contributed by atoms with Crippen molar-refractivity contribution in [1.29, 1.82) is 0 Å². The van der Waals surface area contributed by atoms with Gasteiger partial charge in [-0.05, 0) is 18.2 Å². The van der Waals surface area contributed by atoms with Crippen molar-refractivity contribution in [2.75, 3.05) is 0 Å². The molecule has 0 unspecified atom stereocenters. The molecule has 72 valence electrons. The number of phenolic OH excluding ortho intramolecular Hbond substituents is 1. The molecule has 1 nitrogen and oxygen atoms in total. The molecule has 0 spiro atoms. The Labute approximate surface area is 88.9 Å². The van der Waals surface area contributed by atoms with Crippen molar-refractivity contribution in [2.24, 2.45) is 0 Å². The molecule has 1 aromatic carbocycles. The number of hydrogen-bond donors (Lipinski definition) is 1. The van der Waals surface area contributed by atoms with E-state index in [1.807, 2.05) is 0 Å². The minimum Gasteiger partial charge on any atom is -0.506 e. The van der Waals surface area contributed by atoms with E-state index >= 15 is 0 Å². The van der Waals surface area contributed by atoms with Crippen LogP contribution >= 0.6 is 23.2 Å². The van der Waals surface area contributed by atoms with Crippen LogP contribution in [0.1, 0.15) is 0 Å². The average molecular weight is 219 g/mol. The zero-order chi connectivity index (χ0) is 10.9. The van der Waals surface area contributed by atoms with Gasteiger partial charge in [-0.15, -0.1) is 26.3 Å². The predicted molar refractivity (Wildman–Crippen MR) is 60.6 cm³/mol. The van der Waals surface area contributed by atoms with Crippen LogP contribution in [0.4, 0.5) is 0 Å². The van der Waals surface area contributed by atoms with Gasteiger partial charge in [0, 0.05) is 5.02 Å². The smallest absolute Gasteiger partial charge is 0.134 e. The quantitative estimate of drug-likeness (QED) is 0.645. The number of aromatic hydroxyl groups is 1. The number of halogens is 2. The lowest BCUT2D eigenvalue weighted by atomic mass is 10.3. The lowest BCUT2D eigenvalue weighted by Crippen LogP contribution is -1.66. The van der Waals surface area contributed by atoms with E-state index in [1.165, 1.54) is 12.1 Å². The highest BCUT2D eigenvalue weighted by molar-refractivity contribution is 6.35. The summed E-state index contributed by atoms with van der Waals surface area (Å²) in [7, 11) is 0. The molecule has 0 aliphatic carbocycles. The van der Waals surface area contributed by atoms with Crippen LogP contribution in [0.5, 0.6) is 5.75 Å². The molecule has 1 aromatic rings. The molecule has 13 heavy (non-hydrogen) atoms. The summed E-state index contributed by atoms with van der Waals surface area (Å²) in [5.41, 5.74) is 0. The third kappa shape index (κ3) is 6.26. The van der Waals surface area contributed by atoms with Crippen LogP contribution in [-0.2, 0) is 0 Å². The second kappa shape index (κ2) is 9.17. The van der Waals surface area contributed by atoms with Gasteiger partial charge < -0.3 is 5.11 Å². The molecule has 0 radical (unpaired) electrons. The van der Waals surface area contributed by atoms with Crippen LogP contribution < -0.4 is 0 Å². The van der Waals surface area contributed by atoms with Crippen molar-refractivity contribution in [3.63, 3.8) is 0 Å². The minimum absolute atomic E-state index is 0.0565. The Hall–Kier alpha value is -0.920. The van der Waals surface area contributed by atoms with E-state index in [4.69, 9.17) is 28.3 Å². The van der Waals surface area contributed by atoms with Crippen molar-refractivity contribution in [1.82, 2.24) is 0 Å². The topological polar surface area (TPSA) is 20.2 Å². The fourth-order valence-electron chi connectivity index (χ4n) is 0.481. The molecule has 0 fully saturated rings. The van der Waals surface area contributed by atoms with Gasteiger partial charge in [0.05, 0.1) is 5.02 Å². The third-order valence-corrected chi connectivity index (χ3v) is 1.45. The standard InChI is InChI=1S/C6H4Cl2O.2C2H4/c7-4-1-2-6(9)5(8)3-4;2*1-2/h1-3,9H;2*1-2H2. The Balaban J connectivity index is 0. The number of rotatable bonds is 0. The Bertz CT molecular complexity index is 247. The Morgan fingerprint density at radius 1 is 1.00 bits per heavy atom. The maximum absolute atomic E-state index is 8.85. The highest BCUT2D eigenvalue weighted by Crippen LogP contribution is 2.25. The molecule has 0 amide bonds. The first-order chi connectivity index (χ1) is 6.20. The summed E-state index contributed by atoms with van der Waals surface area (Å²) >= 11 is 11.0. The van der Waals surface area contributed by atoms with E-state index in [-0.39, 0.29) is 10.8 Å². The van der Waals surface area contributed by atoms with Crippen LogP contribution in [0.25, 0.3) is 0 Å². The van der Waals surface area contributed by atoms with Gasteiger partial charge in [-0.1, -0.05) is 23.2 Å². The molecule has 0 aliphatic heterocycles. The molecule has 1 rings (SSSR count). The van der Waals surface area contributed by atoms with Gasteiger partial charge in [0.1, 0.15) is 5.75 Å². The minimum atomic E-state index is 0.0565. The second-order valence-corrected chi connectivity index (χ2v) is 2.44. The zero-order valence-corrected chi connectivity index (χ0v) is 8.78. The number of benzene rings is 1. The van der Waals surface area contributed by atoms with E-state index in [1.54, 1.807) is 6.07 Å². The van der Waals surface area contributed by atoms with E-state index in [0.717, 1.165) is 0 Å². The third-order valence-electron chi connectivity index (χ3n) is 0.910. The number of phenols is 1. The summed E-state index contributed by atoms with van der Waals surface area (Å²) < 4.78 is 0. The fraction of sp³-hybridized carbons (Fsp3) is 0. The molecule has 0 saturated heterocycles. The molecule has 0 aliphatic rings. The maximum atomic E-state index is 8.85. The Morgan fingerprint density at radius 2 is 1.46 bits per heavy atom. The van der Waals surface area contributed by atoms with Gasteiger partial charge in [-0.2, -0.15) is 0 Å². The van der Waals surface area contributed by atoms with Crippen molar-refractivity contribution in [3.05, 3.63) is 54.6 Å². The van der Waals surface area contributed by atoms with Crippen LogP contribution in [0.15, 0.2) is 44.5 Å². The monoisotopic (exact) mass is 218 g/mol. The molecule has 0 saturated carbocycles. The molecule has 0 atom stereocenters. The van der Waals surface area contributed by atoms with Crippen LogP contribution in [0.2, 0.25) is 10.0 Å². The van der Waals surface area contributed by atoms with Crippen molar-refractivity contribution >= 4 is 23.2 Å². The van der Waals surface area contributed by atoms with E-state index in [9.17, 15) is 0 Å². The summed E-state index contributed by atoms with van der Waals surface area (Å²) in [5, 5.41) is 9.66. The Kier molecular flexibility index (Phi) is 10.3. The first kappa shape index (κ1) is 14.6. The van der Waals surface area contributed by atoms with Gasteiger partial charge in [0.15, 0.2) is 0 Å². The van der Waals surface area contributed by atoms with Crippen LogP contribution in [0, 0.1) is 0 Å².